The van der Waals surface area contributed by atoms with Gasteiger partial charge in [0.05, 0.1) is 17.7 Å². The first-order valence-corrected chi connectivity index (χ1v) is 7.63. The standard InChI is InChI=1S/C16H16N4O4/c1-19-9-10(8-17-19)3-2-4-11-7-14(22)20(16(11)24)12-5-6-13(21)18-15(12)23/h8-9,11-12H,4-7H2,1H3,(H,18,21,23). The van der Waals surface area contributed by atoms with Gasteiger partial charge in [0.2, 0.25) is 23.6 Å². The number of carbonyl (C=O) groups is 4. The minimum Gasteiger partial charge on any atom is -0.295 e. The van der Waals surface area contributed by atoms with Gasteiger partial charge < -0.3 is 0 Å². The molecule has 2 fully saturated rings. The molecule has 4 amide bonds. The van der Waals surface area contributed by atoms with E-state index in [2.05, 4.69) is 22.3 Å². The molecule has 3 heterocycles. The predicted octanol–water partition coefficient (Wildman–Crippen LogP) is -0.658. The van der Waals surface area contributed by atoms with Crippen molar-refractivity contribution in [2.75, 3.05) is 0 Å². The van der Waals surface area contributed by atoms with Crippen LogP contribution in [0.3, 0.4) is 0 Å². The number of imide groups is 2. The summed E-state index contributed by atoms with van der Waals surface area (Å²) >= 11 is 0. The Hall–Kier alpha value is -2.95. The fourth-order valence-electron chi connectivity index (χ4n) is 2.89. The maximum Gasteiger partial charge on any atom is 0.249 e. The van der Waals surface area contributed by atoms with Gasteiger partial charge in [-0.25, -0.2) is 0 Å². The monoisotopic (exact) mass is 328 g/mol. The molecule has 2 saturated heterocycles. The van der Waals surface area contributed by atoms with Gasteiger partial charge in [-0.3, -0.25) is 34.1 Å². The number of hydrogen-bond acceptors (Lipinski definition) is 5. The Morgan fingerprint density at radius 3 is 2.79 bits per heavy atom. The van der Waals surface area contributed by atoms with E-state index in [9.17, 15) is 19.2 Å². The number of hydrogen-bond donors (Lipinski definition) is 1. The van der Waals surface area contributed by atoms with E-state index < -0.39 is 23.8 Å². The molecule has 2 aliphatic heterocycles. The van der Waals surface area contributed by atoms with Crippen LogP contribution in [0.4, 0.5) is 0 Å². The van der Waals surface area contributed by atoms with Gasteiger partial charge in [0.25, 0.3) is 0 Å². The molecule has 1 aromatic heterocycles. The summed E-state index contributed by atoms with van der Waals surface area (Å²) in [5, 5.41) is 6.16. The van der Waals surface area contributed by atoms with Crippen molar-refractivity contribution in [3.05, 3.63) is 18.0 Å². The van der Waals surface area contributed by atoms with Crippen LogP contribution in [0.1, 0.15) is 31.2 Å². The number of nitrogens with zero attached hydrogens (tertiary/aromatic N) is 3. The van der Waals surface area contributed by atoms with E-state index >= 15 is 0 Å². The zero-order chi connectivity index (χ0) is 17.3. The number of nitrogens with one attached hydrogen (secondary N) is 1. The highest BCUT2D eigenvalue weighted by Crippen LogP contribution is 2.27. The van der Waals surface area contributed by atoms with E-state index in [1.165, 1.54) is 0 Å². The van der Waals surface area contributed by atoms with E-state index in [1.807, 2.05) is 0 Å². The summed E-state index contributed by atoms with van der Waals surface area (Å²) < 4.78 is 1.62. The van der Waals surface area contributed by atoms with Gasteiger partial charge in [-0.2, -0.15) is 5.10 Å². The van der Waals surface area contributed by atoms with Gasteiger partial charge >= 0.3 is 0 Å². The van der Waals surface area contributed by atoms with Crippen LogP contribution in [0.15, 0.2) is 12.4 Å². The lowest BCUT2D eigenvalue weighted by atomic mass is 10.0. The van der Waals surface area contributed by atoms with E-state index in [1.54, 1.807) is 24.1 Å². The zero-order valence-corrected chi connectivity index (χ0v) is 13.1. The Morgan fingerprint density at radius 2 is 2.12 bits per heavy atom. The van der Waals surface area contributed by atoms with Crippen molar-refractivity contribution in [3.63, 3.8) is 0 Å². The molecule has 2 aliphatic rings. The molecule has 0 radical (unpaired) electrons. The van der Waals surface area contributed by atoms with Crippen LogP contribution in [0, 0.1) is 17.8 Å². The van der Waals surface area contributed by atoms with E-state index in [0.29, 0.717) is 0 Å². The van der Waals surface area contributed by atoms with Crippen LogP contribution in [0.2, 0.25) is 0 Å². The molecule has 1 aromatic rings. The van der Waals surface area contributed by atoms with E-state index in [-0.39, 0.29) is 37.5 Å². The molecule has 0 saturated carbocycles. The number of aromatic nitrogens is 2. The van der Waals surface area contributed by atoms with Crippen LogP contribution in [-0.2, 0) is 26.2 Å². The third-order valence-corrected chi connectivity index (χ3v) is 4.08. The fraction of sp³-hybridized carbons (Fsp3) is 0.438. The Labute approximate surface area is 138 Å². The van der Waals surface area contributed by atoms with Crippen LogP contribution in [0.5, 0.6) is 0 Å². The molecular weight excluding hydrogens is 312 g/mol. The minimum absolute atomic E-state index is 0.0400. The van der Waals surface area contributed by atoms with E-state index in [0.717, 1.165) is 10.5 Å². The molecule has 2 atom stereocenters. The van der Waals surface area contributed by atoms with Crippen molar-refractivity contribution in [3.8, 4) is 11.8 Å². The molecule has 124 valence electrons. The van der Waals surface area contributed by atoms with E-state index in [4.69, 9.17) is 0 Å². The Bertz CT molecular complexity index is 785. The maximum absolute atomic E-state index is 12.4. The summed E-state index contributed by atoms with van der Waals surface area (Å²) in [5.74, 6) is 3.49. The SMILES string of the molecule is Cn1cc(C#CCC2CC(=O)N(C3CCC(=O)NC3=O)C2=O)cn1. The Morgan fingerprint density at radius 1 is 1.33 bits per heavy atom. The second-order valence-corrected chi connectivity index (χ2v) is 5.88. The van der Waals surface area contributed by atoms with Crippen molar-refractivity contribution < 1.29 is 19.2 Å². The van der Waals surface area contributed by atoms with Gasteiger partial charge in [0.1, 0.15) is 6.04 Å². The molecule has 2 unspecified atom stereocenters. The number of rotatable bonds is 2. The maximum atomic E-state index is 12.4. The predicted molar refractivity (Wildman–Crippen MR) is 80.8 cm³/mol. The molecule has 8 heteroatoms. The normalized spacial score (nSPS) is 24.0. The van der Waals surface area contributed by atoms with Gasteiger partial charge in [-0.15, -0.1) is 0 Å². The summed E-state index contributed by atoms with van der Waals surface area (Å²) in [6.45, 7) is 0. The second kappa shape index (κ2) is 6.28. The van der Waals surface area contributed by atoms with Crippen molar-refractivity contribution in [1.82, 2.24) is 20.0 Å². The molecule has 0 bridgehead atoms. The molecule has 3 rings (SSSR count). The Balaban J connectivity index is 1.67. The highest BCUT2D eigenvalue weighted by molar-refractivity contribution is 6.09. The smallest absolute Gasteiger partial charge is 0.249 e. The molecular formula is C16H16N4O4. The fourth-order valence-corrected chi connectivity index (χ4v) is 2.89. The summed E-state index contributed by atoms with van der Waals surface area (Å²) in [6, 6.07) is -0.890. The number of aryl methyl sites for hydroxylation is 1. The van der Waals surface area contributed by atoms with Gasteiger partial charge in [-0.1, -0.05) is 11.8 Å². The lowest BCUT2D eigenvalue weighted by Crippen LogP contribution is -2.54. The highest BCUT2D eigenvalue weighted by atomic mass is 16.2. The third kappa shape index (κ3) is 3.06. The van der Waals surface area contributed by atoms with Crippen LogP contribution < -0.4 is 5.32 Å². The first kappa shape index (κ1) is 15.9. The van der Waals surface area contributed by atoms with Crippen LogP contribution in [-0.4, -0.2) is 44.4 Å². The van der Waals surface area contributed by atoms with Gasteiger partial charge in [0.15, 0.2) is 0 Å². The summed E-state index contributed by atoms with van der Waals surface area (Å²) in [7, 11) is 1.78. The quantitative estimate of drug-likeness (QED) is 0.574. The minimum atomic E-state index is -0.890. The second-order valence-electron chi connectivity index (χ2n) is 5.88. The topological polar surface area (TPSA) is 101 Å². The van der Waals surface area contributed by atoms with Crippen LogP contribution >= 0.6 is 0 Å². The van der Waals surface area contributed by atoms with Crippen LogP contribution in [0.25, 0.3) is 0 Å². The van der Waals surface area contributed by atoms with Gasteiger partial charge in [0, 0.05) is 32.5 Å². The molecule has 0 spiro atoms. The number of likely N-dealkylation sites (tertiary alicyclic amines) is 1. The summed E-state index contributed by atoms with van der Waals surface area (Å²) in [6.07, 6.45) is 3.95. The first-order chi connectivity index (χ1) is 11.5. The lowest BCUT2D eigenvalue weighted by molar-refractivity contribution is -0.151. The van der Waals surface area contributed by atoms with Crippen molar-refractivity contribution in [2.45, 2.75) is 31.7 Å². The molecule has 8 nitrogen and oxygen atoms in total. The molecule has 0 aromatic carbocycles. The average molecular weight is 328 g/mol. The molecule has 0 aliphatic carbocycles. The molecule has 1 N–H and O–H groups in total. The number of piperidine rings is 1. The summed E-state index contributed by atoms with van der Waals surface area (Å²) in [4.78, 5) is 48.6. The van der Waals surface area contributed by atoms with Crippen molar-refractivity contribution in [2.24, 2.45) is 13.0 Å². The highest BCUT2D eigenvalue weighted by Gasteiger charge is 2.45. The van der Waals surface area contributed by atoms with Crippen molar-refractivity contribution >= 4 is 23.6 Å². The molecule has 24 heavy (non-hydrogen) atoms. The third-order valence-electron chi connectivity index (χ3n) is 4.08. The summed E-state index contributed by atoms with van der Waals surface area (Å²) in [5.41, 5.74) is 0.733. The Kier molecular flexibility index (Phi) is 4.16. The number of amides is 4. The number of carbonyl (C=O) groups excluding carboxylic acids is 4. The zero-order valence-electron chi connectivity index (χ0n) is 13.1. The first-order valence-electron chi connectivity index (χ1n) is 7.63. The largest absolute Gasteiger partial charge is 0.295 e. The lowest BCUT2D eigenvalue weighted by Gasteiger charge is -2.28. The van der Waals surface area contributed by atoms with Gasteiger partial charge in [-0.05, 0) is 6.42 Å². The van der Waals surface area contributed by atoms with Crippen molar-refractivity contribution in [1.29, 1.82) is 0 Å². The average Bonchev–Trinajstić information content (AvgIpc) is 3.05.